The van der Waals surface area contributed by atoms with Crippen LogP contribution in [0.2, 0.25) is 0 Å². The lowest BCUT2D eigenvalue weighted by molar-refractivity contribution is -0.130. The van der Waals surface area contributed by atoms with Crippen LogP contribution in [0.5, 0.6) is 17.2 Å². The summed E-state index contributed by atoms with van der Waals surface area (Å²) in [6.07, 6.45) is 0.628. The standard InChI is InChI=1S/C17H15IN2O4/c1-10-6-12(18)7-11(16(10)21)8-19-20-17(22)15-9-23-13-4-2-3-5-14(13)24-15/h2-8,15,21H,9H2,1H3,(H,20,22)/b19-8+. The van der Waals surface area contributed by atoms with E-state index in [-0.39, 0.29) is 12.4 Å². The Labute approximate surface area is 152 Å². The summed E-state index contributed by atoms with van der Waals surface area (Å²) in [5.41, 5.74) is 3.69. The molecular formula is C17H15IN2O4. The molecule has 0 aromatic heterocycles. The Balaban J connectivity index is 1.64. The lowest BCUT2D eigenvalue weighted by Gasteiger charge is -2.24. The smallest absolute Gasteiger partial charge is 0.284 e. The zero-order valence-corrected chi connectivity index (χ0v) is 15.0. The van der Waals surface area contributed by atoms with Crippen molar-refractivity contribution in [3.8, 4) is 17.2 Å². The van der Waals surface area contributed by atoms with Crippen LogP contribution in [0.1, 0.15) is 11.1 Å². The summed E-state index contributed by atoms with van der Waals surface area (Å²) in [4.78, 5) is 12.1. The molecule has 2 aromatic carbocycles. The Hall–Kier alpha value is -2.29. The molecule has 1 unspecified atom stereocenters. The Bertz CT molecular complexity index is 807. The number of hydrazone groups is 1. The van der Waals surface area contributed by atoms with Crippen LogP contribution in [-0.2, 0) is 4.79 Å². The van der Waals surface area contributed by atoms with Crippen molar-refractivity contribution >= 4 is 34.7 Å². The van der Waals surface area contributed by atoms with E-state index in [1.54, 1.807) is 25.1 Å². The molecule has 7 heteroatoms. The number of rotatable bonds is 3. The molecule has 3 rings (SSSR count). The molecule has 2 aromatic rings. The highest BCUT2D eigenvalue weighted by atomic mass is 127. The maximum Gasteiger partial charge on any atom is 0.284 e. The van der Waals surface area contributed by atoms with Crippen molar-refractivity contribution in [2.24, 2.45) is 5.10 Å². The summed E-state index contributed by atoms with van der Waals surface area (Å²) in [6.45, 7) is 1.92. The second kappa shape index (κ2) is 7.08. The second-order valence-corrected chi connectivity index (χ2v) is 6.50. The van der Waals surface area contributed by atoms with Gasteiger partial charge in [-0.15, -0.1) is 0 Å². The van der Waals surface area contributed by atoms with Crippen molar-refractivity contribution in [3.05, 3.63) is 51.1 Å². The number of aryl methyl sites for hydroxylation is 1. The van der Waals surface area contributed by atoms with Crippen molar-refractivity contribution in [1.29, 1.82) is 0 Å². The fourth-order valence-corrected chi connectivity index (χ4v) is 3.05. The average molecular weight is 438 g/mol. The lowest BCUT2D eigenvalue weighted by Crippen LogP contribution is -2.42. The second-order valence-electron chi connectivity index (χ2n) is 5.26. The molecule has 1 amide bonds. The molecular weight excluding hydrogens is 423 g/mol. The van der Waals surface area contributed by atoms with Gasteiger partial charge in [-0.25, -0.2) is 5.43 Å². The number of para-hydroxylation sites is 2. The van der Waals surface area contributed by atoms with Gasteiger partial charge in [0.25, 0.3) is 5.91 Å². The molecule has 6 nitrogen and oxygen atoms in total. The van der Waals surface area contributed by atoms with E-state index in [1.165, 1.54) is 6.21 Å². The van der Waals surface area contributed by atoms with Gasteiger partial charge in [0.1, 0.15) is 12.4 Å². The van der Waals surface area contributed by atoms with Crippen LogP contribution in [0.3, 0.4) is 0 Å². The van der Waals surface area contributed by atoms with Crippen LogP contribution in [0.25, 0.3) is 0 Å². The predicted molar refractivity (Wildman–Crippen MR) is 97.7 cm³/mol. The third kappa shape index (κ3) is 3.61. The first-order chi connectivity index (χ1) is 11.5. The number of hydrogen-bond donors (Lipinski definition) is 2. The topological polar surface area (TPSA) is 80.2 Å². The van der Waals surface area contributed by atoms with Crippen LogP contribution in [0.4, 0.5) is 0 Å². The molecule has 1 aliphatic rings. The molecule has 2 N–H and O–H groups in total. The summed E-state index contributed by atoms with van der Waals surface area (Å²) in [7, 11) is 0. The molecule has 0 spiro atoms. The van der Waals surface area contributed by atoms with Crippen molar-refractivity contribution in [3.63, 3.8) is 0 Å². The van der Waals surface area contributed by atoms with Gasteiger partial charge < -0.3 is 14.6 Å². The predicted octanol–water partition coefficient (Wildman–Crippen LogP) is 2.60. The molecule has 0 bridgehead atoms. The summed E-state index contributed by atoms with van der Waals surface area (Å²) < 4.78 is 12.1. The number of phenols is 1. The molecule has 0 saturated heterocycles. The molecule has 1 aliphatic heterocycles. The molecule has 0 fully saturated rings. The normalized spacial score (nSPS) is 16.2. The Kier molecular flexibility index (Phi) is 4.89. The number of carbonyl (C=O) groups is 1. The van der Waals surface area contributed by atoms with Gasteiger partial charge in [0.2, 0.25) is 6.10 Å². The fraction of sp³-hybridized carbons (Fsp3) is 0.176. The SMILES string of the molecule is Cc1cc(I)cc(/C=N/NC(=O)C2COc3ccccc3O2)c1O. The van der Waals surface area contributed by atoms with Crippen molar-refractivity contribution in [2.75, 3.05) is 6.61 Å². The number of aromatic hydroxyl groups is 1. The minimum absolute atomic E-state index is 0.117. The number of hydrogen-bond acceptors (Lipinski definition) is 5. The monoisotopic (exact) mass is 438 g/mol. The van der Waals surface area contributed by atoms with Gasteiger partial charge in [-0.05, 0) is 59.3 Å². The Morgan fingerprint density at radius 3 is 2.92 bits per heavy atom. The number of fused-ring (bicyclic) bond motifs is 1. The van der Waals surface area contributed by atoms with E-state index < -0.39 is 12.0 Å². The van der Waals surface area contributed by atoms with Gasteiger partial charge in [-0.2, -0.15) is 5.10 Å². The molecule has 0 aliphatic carbocycles. The Morgan fingerprint density at radius 1 is 1.38 bits per heavy atom. The molecule has 0 radical (unpaired) electrons. The van der Waals surface area contributed by atoms with Crippen molar-refractivity contribution in [2.45, 2.75) is 13.0 Å². The van der Waals surface area contributed by atoms with Gasteiger partial charge in [-0.1, -0.05) is 12.1 Å². The van der Waals surface area contributed by atoms with Gasteiger partial charge in [0, 0.05) is 9.13 Å². The highest BCUT2D eigenvalue weighted by Gasteiger charge is 2.26. The lowest BCUT2D eigenvalue weighted by atomic mass is 10.1. The number of halogens is 1. The molecule has 1 atom stereocenters. The van der Waals surface area contributed by atoms with Gasteiger partial charge in [0.15, 0.2) is 11.5 Å². The maximum atomic E-state index is 12.1. The van der Waals surface area contributed by atoms with Crippen LogP contribution in [0, 0.1) is 10.5 Å². The minimum atomic E-state index is -0.775. The third-order valence-corrected chi connectivity index (χ3v) is 4.10. The van der Waals surface area contributed by atoms with E-state index >= 15 is 0 Å². The zero-order chi connectivity index (χ0) is 17.1. The van der Waals surface area contributed by atoms with Crippen LogP contribution in [0.15, 0.2) is 41.5 Å². The first-order valence-electron chi connectivity index (χ1n) is 7.25. The number of nitrogens with one attached hydrogen (secondary N) is 1. The molecule has 0 saturated carbocycles. The first-order valence-corrected chi connectivity index (χ1v) is 8.33. The molecule has 124 valence electrons. The summed E-state index contributed by atoms with van der Waals surface area (Å²) in [5.74, 6) is 0.866. The fourth-order valence-electron chi connectivity index (χ4n) is 2.25. The quantitative estimate of drug-likeness (QED) is 0.439. The van der Waals surface area contributed by atoms with E-state index in [4.69, 9.17) is 9.47 Å². The average Bonchev–Trinajstić information content (AvgIpc) is 2.58. The Morgan fingerprint density at radius 2 is 2.12 bits per heavy atom. The zero-order valence-electron chi connectivity index (χ0n) is 12.8. The van der Waals surface area contributed by atoms with E-state index in [1.807, 2.05) is 18.2 Å². The third-order valence-electron chi connectivity index (χ3n) is 3.47. The van der Waals surface area contributed by atoms with Crippen molar-refractivity contribution < 1.29 is 19.4 Å². The van der Waals surface area contributed by atoms with Gasteiger partial charge in [-0.3, -0.25) is 4.79 Å². The van der Waals surface area contributed by atoms with Crippen LogP contribution < -0.4 is 14.9 Å². The first kappa shape index (κ1) is 16.6. The largest absolute Gasteiger partial charge is 0.507 e. The van der Waals surface area contributed by atoms with Crippen LogP contribution >= 0.6 is 22.6 Å². The summed E-state index contributed by atoms with van der Waals surface area (Å²) >= 11 is 2.15. The van der Waals surface area contributed by atoms with E-state index in [2.05, 4.69) is 33.1 Å². The number of carbonyl (C=O) groups excluding carboxylic acids is 1. The van der Waals surface area contributed by atoms with Gasteiger partial charge in [0.05, 0.1) is 6.21 Å². The minimum Gasteiger partial charge on any atom is -0.507 e. The van der Waals surface area contributed by atoms with Crippen molar-refractivity contribution in [1.82, 2.24) is 5.43 Å². The molecule has 1 heterocycles. The highest BCUT2D eigenvalue weighted by Crippen LogP contribution is 2.30. The summed E-state index contributed by atoms with van der Waals surface area (Å²) in [6, 6.07) is 10.8. The molecule has 24 heavy (non-hydrogen) atoms. The number of phenolic OH excluding ortho intramolecular Hbond substituents is 1. The number of ether oxygens (including phenoxy) is 2. The number of amides is 1. The van der Waals surface area contributed by atoms with E-state index in [9.17, 15) is 9.90 Å². The summed E-state index contributed by atoms with van der Waals surface area (Å²) in [5, 5.41) is 13.9. The maximum absolute atomic E-state index is 12.1. The number of benzene rings is 2. The van der Waals surface area contributed by atoms with E-state index in [0.717, 1.165) is 9.13 Å². The number of nitrogens with zero attached hydrogens (tertiary/aromatic N) is 1. The van der Waals surface area contributed by atoms with Gasteiger partial charge >= 0.3 is 0 Å². The highest BCUT2D eigenvalue weighted by molar-refractivity contribution is 14.1. The van der Waals surface area contributed by atoms with Crippen LogP contribution in [-0.4, -0.2) is 29.9 Å². The van der Waals surface area contributed by atoms with E-state index in [0.29, 0.717) is 17.1 Å².